The SMILES string of the molecule is CC=C=C=C[C@@H](O)N(c1cc(C2=CCCCC2)sc1C(=O)N=O)C1CC=CCC1. The average Bonchev–Trinajstić information content (AvgIpc) is 3.20. The first kappa shape index (κ1) is 21.2. The van der Waals surface area contributed by atoms with Crippen molar-refractivity contribution in [1.29, 1.82) is 0 Å². The number of allylic oxidation sites excluding steroid dienone is 4. The zero-order chi connectivity index (χ0) is 20.6. The lowest BCUT2D eigenvalue weighted by atomic mass is 9.97. The van der Waals surface area contributed by atoms with Crippen molar-refractivity contribution >= 4 is 28.5 Å². The topological polar surface area (TPSA) is 70.0 Å². The van der Waals surface area contributed by atoms with Crippen LogP contribution in [0.15, 0.2) is 53.1 Å². The van der Waals surface area contributed by atoms with Crippen molar-refractivity contribution in [3.8, 4) is 0 Å². The average molecular weight is 411 g/mol. The molecule has 1 heterocycles. The lowest BCUT2D eigenvalue weighted by Crippen LogP contribution is -2.43. The molecule has 0 saturated carbocycles. The maximum atomic E-state index is 12.3. The van der Waals surface area contributed by atoms with Gasteiger partial charge in [-0.2, -0.15) is 0 Å². The van der Waals surface area contributed by atoms with Crippen molar-refractivity contribution in [2.45, 2.75) is 64.1 Å². The van der Waals surface area contributed by atoms with Gasteiger partial charge in [0.05, 0.1) is 5.69 Å². The molecule has 152 valence electrons. The quantitative estimate of drug-likeness (QED) is 0.281. The lowest BCUT2D eigenvalue weighted by Gasteiger charge is -2.36. The number of carbonyl (C=O) groups excluding carboxylic acids is 1. The summed E-state index contributed by atoms with van der Waals surface area (Å²) >= 11 is 1.30. The summed E-state index contributed by atoms with van der Waals surface area (Å²) in [6.07, 6.45) is 15.5. The van der Waals surface area contributed by atoms with Crippen LogP contribution >= 0.6 is 11.3 Å². The molecule has 0 spiro atoms. The van der Waals surface area contributed by atoms with Crippen LogP contribution in [-0.4, -0.2) is 23.3 Å². The minimum Gasteiger partial charge on any atom is -0.369 e. The number of nitroso groups, excluding NO2 is 1. The highest BCUT2D eigenvalue weighted by Gasteiger charge is 2.30. The van der Waals surface area contributed by atoms with Crippen molar-refractivity contribution in [3.05, 3.63) is 62.6 Å². The molecule has 0 saturated heterocycles. The molecule has 1 unspecified atom stereocenters. The van der Waals surface area contributed by atoms with E-state index >= 15 is 0 Å². The molecule has 1 aromatic rings. The third-order valence-corrected chi connectivity index (χ3v) is 6.44. The maximum absolute atomic E-state index is 12.3. The van der Waals surface area contributed by atoms with E-state index < -0.39 is 12.1 Å². The Labute approximate surface area is 175 Å². The molecule has 1 amide bonds. The van der Waals surface area contributed by atoms with Crippen LogP contribution in [-0.2, 0) is 0 Å². The molecule has 0 bridgehead atoms. The molecule has 29 heavy (non-hydrogen) atoms. The first-order chi connectivity index (χ1) is 14.2. The minimum absolute atomic E-state index is 0.0136. The molecule has 2 aliphatic rings. The van der Waals surface area contributed by atoms with Gasteiger partial charge in [-0.15, -0.1) is 16.2 Å². The van der Waals surface area contributed by atoms with E-state index in [-0.39, 0.29) is 6.04 Å². The Balaban J connectivity index is 2.09. The maximum Gasteiger partial charge on any atom is 0.328 e. The van der Waals surface area contributed by atoms with E-state index in [1.807, 2.05) is 17.9 Å². The molecule has 5 nitrogen and oxygen atoms in total. The summed E-state index contributed by atoms with van der Waals surface area (Å²) in [5, 5.41) is 13.6. The Morgan fingerprint density at radius 2 is 2.21 bits per heavy atom. The van der Waals surface area contributed by atoms with E-state index in [2.05, 4.69) is 34.9 Å². The smallest absolute Gasteiger partial charge is 0.328 e. The van der Waals surface area contributed by atoms with Crippen molar-refractivity contribution in [1.82, 2.24) is 0 Å². The fourth-order valence-electron chi connectivity index (χ4n) is 3.86. The normalized spacial score (nSPS) is 19.4. The minimum atomic E-state index is -0.986. The number of anilines is 1. The number of aliphatic hydroxyl groups excluding tert-OH is 1. The van der Waals surface area contributed by atoms with Crippen LogP contribution in [0, 0.1) is 4.91 Å². The molecule has 3 rings (SSSR count). The van der Waals surface area contributed by atoms with Crippen LogP contribution < -0.4 is 4.90 Å². The molecular weight excluding hydrogens is 384 g/mol. The number of carbonyl (C=O) groups is 1. The summed E-state index contributed by atoms with van der Waals surface area (Å²) in [7, 11) is 0. The molecular formula is C23H26N2O3S. The van der Waals surface area contributed by atoms with E-state index in [4.69, 9.17) is 0 Å². The van der Waals surface area contributed by atoms with Crippen molar-refractivity contribution in [2.24, 2.45) is 5.18 Å². The van der Waals surface area contributed by atoms with E-state index in [1.165, 1.54) is 29.4 Å². The van der Waals surface area contributed by atoms with E-state index in [0.29, 0.717) is 10.6 Å². The number of aliphatic hydroxyl groups is 1. The number of amides is 1. The number of thiophene rings is 1. The first-order valence-electron chi connectivity index (χ1n) is 10.1. The molecule has 6 heteroatoms. The van der Waals surface area contributed by atoms with Crippen molar-refractivity contribution < 1.29 is 9.90 Å². The zero-order valence-corrected chi connectivity index (χ0v) is 17.5. The molecule has 1 N–H and O–H groups in total. The van der Waals surface area contributed by atoms with Gasteiger partial charge in [-0.25, -0.2) is 0 Å². The van der Waals surface area contributed by atoms with Crippen LogP contribution in [0.1, 0.15) is 66.4 Å². The van der Waals surface area contributed by atoms with Gasteiger partial charge in [-0.1, -0.05) is 29.7 Å². The molecule has 0 aliphatic heterocycles. The van der Waals surface area contributed by atoms with Crippen LogP contribution in [0.2, 0.25) is 0 Å². The summed E-state index contributed by atoms with van der Waals surface area (Å²) in [6.45, 7) is 1.83. The predicted molar refractivity (Wildman–Crippen MR) is 118 cm³/mol. The van der Waals surface area contributed by atoms with Crippen LogP contribution in [0.3, 0.4) is 0 Å². The van der Waals surface area contributed by atoms with Gasteiger partial charge in [0, 0.05) is 22.2 Å². The monoisotopic (exact) mass is 410 g/mol. The first-order valence-corrected chi connectivity index (χ1v) is 10.9. The molecule has 2 atom stereocenters. The van der Waals surface area contributed by atoms with Crippen molar-refractivity contribution in [3.63, 3.8) is 0 Å². The van der Waals surface area contributed by atoms with Crippen LogP contribution in [0.25, 0.3) is 5.57 Å². The number of rotatable bonds is 6. The highest BCUT2D eigenvalue weighted by Crippen LogP contribution is 2.40. The van der Waals surface area contributed by atoms with Gasteiger partial charge < -0.3 is 10.0 Å². The Morgan fingerprint density at radius 1 is 1.34 bits per heavy atom. The van der Waals surface area contributed by atoms with Gasteiger partial charge in [0.15, 0.2) is 6.23 Å². The van der Waals surface area contributed by atoms with Crippen molar-refractivity contribution in [2.75, 3.05) is 4.90 Å². The van der Waals surface area contributed by atoms with E-state index in [0.717, 1.165) is 43.4 Å². The Bertz CT molecular complexity index is 915. The highest BCUT2D eigenvalue weighted by atomic mass is 32.1. The Morgan fingerprint density at radius 3 is 2.86 bits per heavy atom. The summed E-state index contributed by atoms with van der Waals surface area (Å²) in [5.41, 5.74) is 7.44. The molecule has 0 fully saturated rings. The largest absolute Gasteiger partial charge is 0.369 e. The van der Waals surface area contributed by atoms with Gasteiger partial charge in [-0.05, 0) is 69.6 Å². The third-order valence-electron chi connectivity index (χ3n) is 5.26. The van der Waals surface area contributed by atoms with Gasteiger partial charge in [0.25, 0.3) is 0 Å². The van der Waals surface area contributed by atoms with Crippen LogP contribution in [0.4, 0.5) is 5.69 Å². The molecule has 0 aromatic carbocycles. The molecule has 0 radical (unpaired) electrons. The number of hydrogen-bond donors (Lipinski definition) is 1. The zero-order valence-electron chi connectivity index (χ0n) is 16.6. The second kappa shape index (κ2) is 10.3. The highest BCUT2D eigenvalue weighted by molar-refractivity contribution is 7.15. The predicted octanol–water partition coefficient (Wildman–Crippen LogP) is 5.73. The summed E-state index contributed by atoms with van der Waals surface area (Å²) in [4.78, 5) is 26.5. The van der Waals surface area contributed by atoms with Gasteiger partial charge >= 0.3 is 5.91 Å². The van der Waals surface area contributed by atoms with Crippen LogP contribution in [0.5, 0.6) is 0 Å². The molecule has 2 aliphatic carbocycles. The van der Waals surface area contributed by atoms with Gasteiger partial charge in [-0.3, -0.25) is 4.79 Å². The Kier molecular flexibility index (Phi) is 7.56. The lowest BCUT2D eigenvalue weighted by molar-refractivity contribution is 0.100. The standard InChI is InChI=1S/C23H26N2O3S/c1-2-3-6-15-21(26)25(18-13-9-5-10-14-18)19-16-20(17-11-7-4-8-12-17)29-22(19)23(27)24-28/h2,5,9,11,15-16,18,21,26H,4,7-8,10,12-14H2,1H3/t18?,21-/m1/s1. The van der Waals surface area contributed by atoms with Gasteiger partial charge in [0.2, 0.25) is 0 Å². The van der Waals surface area contributed by atoms with E-state index in [1.54, 1.807) is 6.08 Å². The summed E-state index contributed by atoms with van der Waals surface area (Å²) in [6, 6.07) is 1.95. The fourth-order valence-corrected chi connectivity index (χ4v) is 4.96. The summed E-state index contributed by atoms with van der Waals surface area (Å²) in [5.74, 6) is -0.788. The fraction of sp³-hybridized carbons (Fsp3) is 0.435. The third kappa shape index (κ3) is 5.11. The Hall–Kier alpha value is -2.49. The summed E-state index contributed by atoms with van der Waals surface area (Å²) < 4.78 is 0. The van der Waals surface area contributed by atoms with E-state index in [9.17, 15) is 14.8 Å². The van der Waals surface area contributed by atoms with Gasteiger partial charge in [0.1, 0.15) is 4.88 Å². The second-order valence-corrected chi connectivity index (χ2v) is 8.25. The number of nitrogens with zero attached hydrogens (tertiary/aromatic N) is 2. The number of hydrogen-bond acceptors (Lipinski definition) is 5. The molecule has 1 aromatic heterocycles. The second-order valence-electron chi connectivity index (χ2n) is 7.20.